The molecule has 1 amide bonds. The number of piperidine rings is 1. The van der Waals surface area contributed by atoms with E-state index in [1.165, 1.54) is 6.07 Å². The van der Waals surface area contributed by atoms with Crippen LogP contribution in [0.25, 0.3) is 11.3 Å². The number of nitrogens with zero attached hydrogens (tertiary/aromatic N) is 4. The molecule has 0 spiro atoms. The highest BCUT2D eigenvalue weighted by Crippen LogP contribution is 2.33. The van der Waals surface area contributed by atoms with Gasteiger partial charge in [-0.1, -0.05) is 18.2 Å². The van der Waals surface area contributed by atoms with Crippen molar-refractivity contribution in [3.05, 3.63) is 71.7 Å². The molecular weight excluding hydrogens is 393 g/mol. The first-order valence-electron chi connectivity index (χ1n) is 9.75. The molecule has 5 nitrogen and oxygen atoms in total. The van der Waals surface area contributed by atoms with Crippen LogP contribution in [0.5, 0.6) is 0 Å². The first-order chi connectivity index (χ1) is 14.3. The minimum Gasteiger partial charge on any atom is -0.337 e. The number of carbonyl (C=O) groups is 1. The van der Waals surface area contributed by atoms with Gasteiger partial charge < -0.3 is 4.90 Å². The largest absolute Gasteiger partial charge is 0.416 e. The zero-order valence-corrected chi connectivity index (χ0v) is 16.4. The molecule has 1 atom stereocenters. The standard InChI is InChI=1S/C22H21F3N4O/c1-28-20(10-11-26-28)21(30)29-12-4-6-16(14-29)19-9-3-8-18(27-19)15-5-2-7-17(13-15)22(23,24)25/h2-3,5,7-11,13,16H,4,6,12,14H2,1H3. The van der Waals surface area contributed by atoms with Gasteiger partial charge in [0.05, 0.1) is 11.3 Å². The highest BCUT2D eigenvalue weighted by atomic mass is 19.4. The SMILES string of the molecule is Cn1nccc1C(=O)N1CCCC(c2cccc(-c3cccc(C(F)(F)F)c3)n2)C1. The number of aryl methyl sites for hydroxylation is 1. The smallest absolute Gasteiger partial charge is 0.337 e. The quantitative estimate of drug-likeness (QED) is 0.633. The van der Waals surface area contributed by atoms with Crippen molar-refractivity contribution in [1.82, 2.24) is 19.7 Å². The molecule has 2 aromatic heterocycles. The summed E-state index contributed by atoms with van der Waals surface area (Å²) in [5.74, 6) is -0.0459. The molecule has 30 heavy (non-hydrogen) atoms. The summed E-state index contributed by atoms with van der Waals surface area (Å²) < 4.78 is 40.7. The zero-order valence-electron chi connectivity index (χ0n) is 16.4. The predicted molar refractivity (Wildman–Crippen MR) is 106 cm³/mol. The molecule has 1 fully saturated rings. The van der Waals surface area contributed by atoms with Crippen LogP contribution >= 0.6 is 0 Å². The number of benzene rings is 1. The minimum absolute atomic E-state index is 0.0293. The molecule has 1 aliphatic heterocycles. The molecule has 0 radical (unpaired) electrons. The number of pyridine rings is 1. The van der Waals surface area contributed by atoms with Gasteiger partial charge in [-0.3, -0.25) is 14.5 Å². The molecule has 1 aromatic carbocycles. The summed E-state index contributed by atoms with van der Waals surface area (Å²) in [6.07, 6.45) is -1.10. The Kier molecular flexibility index (Phi) is 5.32. The highest BCUT2D eigenvalue weighted by Gasteiger charge is 2.31. The van der Waals surface area contributed by atoms with Gasteiger partial charge >= 0.3 is 6.18 Å². The summed E-state index contributed by atoms with van der Waals surface area (Å²) in [5, 5.41) is 4.06. The summed E-state index contributed by atoms with van der Waals surface area (Å²) in [6.45, 7) is 1.18. The molecule has 0 saturated carbocycles. The molecule has 8 heteroatoms. The first kappa shape index (κ1) is 20.1. The van der Waals surface area contributed by atoms with E-state index in [-0.39, 0.29) is 11.8 Å². The van der Waals surface area contributed by atoms with Crippen LogP contribution in [-0.4, -0.2) is 38.7 Å². The van der Waals surface area contributed by atoms with Crippen molar-refractivity contribution in [3.63, 3.8) is 0 Å². The van der Waals surface area contributed by atoms with E-state index in [2.05, 4.69) is 10.1 Å². The number of amides is 1. The van der Waals surface area contributed by atoms with Gasteiger partial charge in [0.25, 0.3) is 5.91 Å². The monoisotopic (exact) mass is 414 g/mol. The van der Waals surface area contributed by atoms with Gasteiger partial charge in [-0.25, -0.2) is 0 Å². The van der Waals surface area contributed by atoms with Gasteiger partial charge in [0, 0.05) is 43.5 Å². The molecule has 0 bridgehead atoms. The van der Waals surface area contributed by atoms with Crippen LogP contribution in [0.3, 0.4) is 0 Å². The fourth-order valence-corrected chi connectivity index (χ4v) is 3.84. The van der Waals surface area contributed by atoms with Crippen LogP contribution < -0.4 is 0 Å². The maximum Gasteiger partial charge on any atom is 0.416 e. The van der Waals surface area contributed by atoms with E-state index >= 15 is 0 Å². The Balaban J connectivity index is 1.57. The van der Waals surface area contributed by atoms with Crippen molar-refractivity contribution in [1.29, 1.82) is 0 Å². The normalized spacial score (nSPS) is 17.2. The third-order valence-electron chi connectivity index (χ3n) is 5.42. The maximum atomic E-state index is 13.1. The number of hydrogen-bond donors (Lipinski definition) is 0. The molecule has 0 N–H and O–H groups in total. The second kappa shape index (κ2) is 7.93. The molecule has 156 valence electrons. The summed E-state index contributed by atoms with van der Waals surface area (Å²) in [5.41, 5.74) is 1.53. The molecule has 3 heterocycles. The van der Waals surface area contributed by atoms with Crippen LogP contribution in [-0.2, 0) is 13.2 Å². The molecule has 1 unspecified atom stereocenters. The summed E-state index contributed by atoms with van der Waals surface area (Å²) in [7, 11) is 1.73. The zero-order chi connectivity index (χ0) is 21.3. The fraction of sp³-hybridized carbons (Fsp3) is 0.318. The number of hydrogen-bond acceptors (Lipinski definition) is 3. The molecule has 3 aromatic rings. The van der Waals surface area contributed by atoms with Crippen LogP contribution in [0, 0.1) is 0 Å². The number of halogens is 3. The number of carbonyl (C=O) groups excluding carboxylic acids is 1. The lowest BCUT2D eigenvalue weighted by Crippen LogP contribution is -2.40. The molecule has 4 rings (SSSR count). The number of alkyl halides is 3. The number of likely N-dealkylation sites (tertiary alicyclic amines) is 1. The van der Waals surface area contributed by atoms with Gasteiger partial charge in [0.1, 0.15) is 5.69 Å². The Morgan fingerprint density at radius 1 is 1.13 bits per heavy atom. The topological polar surface area (TPSA) is 51.0 Å². The van der Waals surface area contributed by atoms with Gasteiger partial charge in [0.2, 0.25) is 0 Å². The van der Waals surface area contributed by atoms with E-state index in [9.17, 15) is 18.0 Å². The van der Waals surface area contributed by atoms with E-state index in [0.717, 1.165) is 30.7 Å². The summed E-state index contributed by atoms with van der Waals surface area (Å²) in [4.78, 5) is 19.3. The lowest BCUT2D eigenvalue weighted by molar-refractivity contribution is -0.137. The van der Waals surface area contributed by atoms with Crippen molar-refractivity contribution >= 4 is 5.91 Å². The lowest BCUT2D eigenvalue weighted by atomic mass is 9.93. The Bertz CT molecular complexity index is 1060. The lowest BCUT2D eigenvalue weighted by Gasteiger charge is -2.32. The number of aromatic nitrogens is 3. The average Bonchev–Trinajstić information content (AvgIpc) is 3.19. The third kappa shape index (κ3) is 4.08. The van der Waals surface area contributed by atoms with E-state index in [0.29, 0.717) is 30.0 Å². The Morgan fingerprint density at radius 3 is 2.67 bits per heavy atom. The van der Waals surface area contributed by atoms with Crippen molar-refractivity contribution in [2.45, 2.75) is 24.9 Å². The van der Waals surface area contributed by atoms with E-state index in [4.69, 9.17) is 0 Å². The van der Waals surface area contributed by atoms with Crippen LogP contribution in [0.1, 0.15) is 40.5 Å². The maximum absolute atomic E-state index is 13.1. The Hall–Kier alpha value is -3.16. The van der Waals surface area contributed by atoms with Crippen molar-refractivity contribution < 1.29 is 18.0 Å². The summed E-state index contributed by atoms with van der Waals surface area (Å²) >= 11 is 0. The minimum atomic E-state index is -4.40. The molecule has 0 aliphatic carbocycles. The fourth-order valence-electron chi connectivity index (χ4n) is 3.84. The Labute approximate surface area is 172 Å². The van der Waals surface area contributed by atoms with Crippen LogP contribution in [0.15, 0.2) is 54.7 Å². The Morgan fingerprint density at radius 2 is 1.93 bits per heavy atom. The molecule has 1 aliphatic rings. The van der Waals surface area contributed by atoms with Gasteiger partial charge in [-0.05, 0) is 43.2 Å². The van der Waals surface area contributed by atoms with E-state index in [1.807, 2.05) is 6.07 Å². The van der Waals surface area contributed by atoms with E-state index < -0.39 is 11.7 Å². The van der Waals surface area contributed by atoms with Gasteiger partial charge in [-0.2, -0.15) is 18.3 Å². The van der Waals surface area contributed by atoms with Crippen molar-refractivity contribution in [2.75, 3.05) is 13.1 Å². The summed E-state index contributed by atoms with van der Waals surface area (Å²) in [6, 6.07) is 12.3. The third-order valence-corrected chi connectivity index (χ3v) is 5.42. The number of rotatable bonds is 3. The van der Waals surface area contributed by atoms with E-state index in [1.54, 1.807) is 47.1 Å². The van der Waals surface area contributed by atoms with Gasteiger partial charge in [-0.15, -0.1) is 0 Å². The van der Waals surface area contributed by atoms with Crippen LogP contribution in [0.4, 0.5) is 13.2 Å². The first-order valence-corrected chi connectivity index (χ1v) is 9.75. The highest BCUT2D eigenvalue weighted by molar-refractivity contribution is 5.92. The van der Waals surface area contributed by atoms with Crippen LogP contribution in [0.2, 0.25) is 0 Å². The predicted octanol–water partition coefficient (Wildman–Crippen LogP) is 4.52. The average molecular weight is 414 g/mol. The molecular formula is C22H21F3N4O. The second-order valence-electron chi connectivity index (χ2n) is 7.46. The van der Waals surface area contributed by atoms with Crippen molar-refractivity contribution in [3.8, 4) is 11.3 Å². The second-order valence-corrected chi connectivity index (χ2v) is 7.46. The van der Waals surface area contributed by atoms with Crippen molar-refractivity contribution in [2.24, 2.45) is 7.05 Å². The van der Waals surface area contributed by atoms with Gasteiger partial charge in [0.15, 0.2) is 0 Å². The molecule has 1 saturated heterocycles.